The van der Waals surface area contributed by atoms with Gasteiger partial charge in [0.1, 0.15) is 11.5 Å². The van der Waals surface area contributed by atoms with Crippen molar-refractivity contribution >= 4 is 0 Å². The second-order valence-electron chi connectivity index (χ2n) is 7.72. The van der Waals surface area contributed by atoms with Crippen LogP contribution in [0, 0.1) is 0 Å². The summed E-state index contributed by atoms with van der Waals surface area (Å²) in [5.74, 6) is 1.78. The molecule has 27 heavy (non-hydrogen) atoms. The summed E-state index contributed by atoms with van der Waals surface area (Å²) in [7, 11) is 0. The summed E-state index contributed by atoms with van der Waals surface area (Å²) in [6, 6.07) is 9.87. The Morgan fingerprint density at radius 1 is 0.926 bits per heavy atom. The predicted molar refractivity (Wildman–Crippen MR) is 106 cm³/mol. The van der Waals surface area contributed by atoms with Gasteiger partial charge in [-0.2, -0.15) is 0 Å². The largest absolute Gasteiger partial charge is 0.457 e. The smallest absolute Gasteiger partial charge is 0.131 e. The van der Waals surface area contributed by atoms with Gasteiger partial charge in [-0.1, -0.05) is 18.6 Å². The Bertz CT molecular complexity index is 796. The molecule has 144 valence electrons. The highest BCUT2D eigenvalue weighted by atomic mass is 16.5. The van der Waals surface area contributed by atoms with Crippen LogP contribution in [0.2, 0.25) is 0 Å². The zero-order valence-electron chi connectivity index (χ0n) is 15.9. The lowest BCUT2D eigenvalue weighted by Crippen LogP contribution is -2.30. The van der Waals surface area contributed by atoms with Crippen molar-refractivity contribution < 1.29 is 14.9 Å². The number of aliphatic hydroxyl groups is 2. The van der Waals surface area contributed by atoms with Crippen LogP contribution in [0.1, 0.15) is 53.5 Å². The van der Waals surface area contributed by atoms with E-state index in [9.17, 15) is 10.2 Å². The van der Waals surface area contributed by atoms with Crippen molar-refractivity contribution in [2.45, 2.75) is 51.7 Å². The van der Waals surface area contributed by atoms with Crippen LogP contribution in [0.15, 0.2) is 30.3 Å². The van der Waals surface area contributed by atoms with Gasteiger partial charge in [-0.25, -0.2) is 0 Å². The van der Waals surface area contributed by atoms with Gasteiger partial charge in [-0.05, 0) is 85.8 Å². The van der Waals surface area contributed by atoms with Gasteiger partial charge in [0.2, 0.25) is 0 Å². The molecule has 4 nitrogen and oxygen atoms in total. The summed E-state index contributed by atoms with van der Waals surface area (Å²) in [5.41, 5.74) is 5.47. The molecule has 4 rings (SSSR count). The van der Waals surface area contributed by atoms with E-state index in [0.717, 1.165) is 54.0 Å². The van der Waals surface area contributed by atoms with Crippen LogP contribution < -0.4 is 4.74 Å². The monoisotopic (exact) mass is 367 g/mol. The fourth-order valence-corrected chi connectivity index (χ4v) is 4.41. The third-order valence-electron chi connectivity index (χ3n) is 5.90. The molecule has 0 saturated carbocycles. The van der Waals surface area contributed by atoms with Gasteiger partial charge in [0, 0.05) is 12.0 Å². The van der Waals surface area contributed by atoms with E-state index in [0.29, 0.717) is 0 Å². The van der Waals surface area contributed by atoms with E-state index in [1.165, 1.54) is 43.5 Å². The second-order valence-corrected chi connectivity index (χ2v) is 7.72. The van der Waals surface area contributed by atoms with Crippen molar-refractivity contribution in [2.24, 2.45) is 0 Å². The maximum Gasteiger partial charge on any atom is 0.131 e. The first kappa shape index (κ1) is 18.5. The molecule has 0 radical (unpaired) electrons. The highest BCUT2D eigenvalue weighted by Gasteiger charge is 2.22. The number of benzene rings is 2. The highest BCUT2D eigenvalue weighted by Crippen LogP contribution is 2.40. The van der Waals surface area contributed by atoms with Crippen molar-refractivity contribution in [3.8, 4) is 11.5 Å². The molecule has 0 aliphatic carbocycles. The Hall–Kier alpha value is -1.88. The fraction of sp³-hybridized carbons (Fsp3) is 0.478. The first-order valence-electron chi connectivity index (χ1n) is 10.2. The quantitative estimate of drug-likeness (QED) is 0.696. The SMILES string of the molecule is OCc1ccc2c(c1)Cc1c(ccc(CO)c1CCCN1CCCCC1)O2. The zero-order chi connectivity index (χ0) is 18.6. The lowest BCUT2D eigenvalue weighted by atomic mass is 9.89. The number of ether oxygens (including phenoxy) is 1. The molecule has 2 aromatic carbocycles. The zero-order valence-corrected chi connectivity index (χ0v) is 15.9. The molecule has 0 unspecified atom stereocenters. The molecular weight excluding hydrogens is 338 g/mol. The number of hydrogen-bond acceptors (Lipinski definition) is 4. The molecule has 0 amide bonds. The minimum absolute atomic E-state index is 0.0412. The topological polar surface area (TPSA) is 52.9 Å². The number of nitrogens with zero attached hydrogens (tertiary/aromatic N) is 1. The van der Waals surface area contributed by atoms with Crippen molar-refractivity contribution in [3.63, 3.8) is 0 Å². The van der Waals surface area contributed by atoms with E-state index < -0.39 is 0 Å². The molecule has 1 saturated heterocycles. The third-order valence-corrected chi connectivity index (χ3v) is 5.90. The molecule has 0 atom stereocenters. The van der Waals surface area contributed by atoms with E-state index in [1.54, 1.807) is 0 Å². The van der Waals surface area contributed by atoms with Crippen LogP contribution in [0.5, 0.6) is 11.5 Å². The van der Waals surface area contributed by atoms with Crippen molar-refractivity contribution in [1.82, 2.24) is 4.90 Å². The lowest BCUT2D eigenvalue weighted by molar-refractivity contribution is 0.226. The van der Waals surface area contributed by atoms with Gasteiger partial charge in [0.25, 0.3) is 0 Å². The number of fused-ring (bicyclic) bond motifs is 2. The van der Waals surface area contributed by atoms with E-state index >= 15 is 0 Å². The first-order valence-corrected chi connectivity index (χ1v) is 10.2. The highest BCUT2D eigenvalue weighted by molar-refractivity contribution is 5.55. The molecule has 0 spiro atoms. The van der Waals surface area contributed by atoms with Crippen LogP contribution in [0.25, 0.3) is 0 Å². The van der Waals surface area contributed by atoms with Crippen molar-refractivity contribution in [2.75, 3.05) is 19.6 Å². The minimum atomic E-state index is 0.0412. The number of aliphatic hydroxyl groups excluding tert-OH is 2. The minimum Gasteiger partial charge on any atom is -0.457 e. The fourth-order valence-electron chi connectivity index (χ4n) is 4.41. The van der Waals surface area contributed by atoms with E-state index in [2.05, 4.69) is 4.90 Å². The third kappa shape index (κ3) is 4.03. The Balaban J connectivity index is 1.54. The molecule has 2 aromatic rings. The van der Waals surface area contributed by atoms with Gasteiger partial charge in [-0.15, -0.1) is 0 Å². The number of piperidine rings is 1. The summed E-state index contributed by atoms with van der Waals surface area (Å²) in [6.45, 7) is 3.68. The summed E-state index contributed by atoms with van der Waals surface area (Å²) in [5, 5.41) is 19.3. The number of rotatable bonds is 6. The van der Waals surface area contributed by atoms with Crippen LogP contribution in [0.4, 0.5) is 0 Å². The first-order chi connectivity index (χ1) is 13.3. The number of hydrogen-bond donors (Lipinski definition) is 2. The number of likely N-dealkylation sites (tertiary alicyclic amines) is 1. The molecule has 2 aliphatic rings. The maximum absolute atomic E-state index is 9.86. The standard InChI is InChI=1S/C23H29NO3/c25-15-17-6-8-22-19(13-17)14-21-20(18(16-26)7-9-23(21)27-22)5-4-12-24-10-2-1-3-11-24/h6-9,13,25-26H,1-5,10-12,14-16H2. The Morgan fingerprint density at radius 2 is 1.74 bits per heavy atom. The lowest BCUT2D eigenvalue weighted by Gasteiger charge is -2.27. The molecule has 2 N–H and O–H groups in total. The van der Waals surface area contributed by atoms with E-state index in [-0.39, 0.29) is 13.2 Å². The van der Waals surface area contributed by atoms with Crippen LogP contribution in [-0.4, -0.2) is 34.7 Å². The van der Waals surface area contributed by atoms with Crippen molar-refractivity contribution in [1.29, 1.82) is 0 Å². The van der Waals surface area contributed by atoms with E-state index in [4.69, 9.17) is 4.74 Å². The van der Waals surface area contributed by atoms with Gasteiger partial charge in [-0.3, -0.25) is 0 Å². The molecule has 1 fully saturated rings. The van der Waals surface area contributed by atoms with Gasteiger partial charge >= 0.3 is 0 Å². The average molecular weight is 367 g/mol. The van der Waals surface area contributed by atoms with Crippen LogP contribution in [-0.2, 0) is 26.1 Å². The maximum atomic E-state index is 9.86. The Labute approximate surface area is 161 Å². The van der Waals surface area contributed by atoms with Crippen LogP contribution >= 0.6 is 0 Å². The molecule has 4 heteroatoms. The predicted octanol–water partition coefficient (Wildman–Crippen LogP) is 3.79. The van der Waals surface area contributed by atoms with Gasteiger partial charge in [0.05, 0.1) is 13.2 Å². The molecule has 0 aromatic heterocycles. The Morgan fingerprint density at radius 3 is 2.52 bits per heavy atom. The molecule has 2 heterocycles. The van der Waals surface area contributed by atoms with Crippen LogP contribution in [0.3, 0.4) is 0 Å². The normalized spacial score (nSPS) is 16.5. The molecule has 2 aliphatic heterocycles. The summed E-state index contributed by atoms with van der Waals surface area (Å²) >= 11 is 0. The average Bonchev–Trinajstić information content (AvgIpc) is 2.72. The Kier molecular flexibility index (Phi) is 5.77. The van der Waals surface area contributed by atoms with E-state index in [1.807, 2.05) is 30.3 Å². The second kappa shape index (κ2) is 8.42. The summed E-state index contributed by atoms with van der Waals surface area (Å²) in [4.78, 5) is 2.57. The molecular formula is C23H29NO3. The summed E-state index contributed by atoms with van der Waals surface area (Å²) in [6.07, 6.45) is 6.87. The van der Waals surface area contributed by atoms with Crippen molar-refractivity contribution in [3.05, 3.63) is 58.1 Å². The van der Waals surface area contributed by atoms with Gasteiger partial charge in [0.15, 0.2) is 0 Å². The van der Waals surface area contributed by atoms with Gasteiger partial charge < -0.3 is 19.8 Å². The molecule has 0 bridgehead atoms. The summed E-state index contributed by atoms with van der Waals surface area (Å²) < 4.78 is 6.14.